The van der Waals surface area contributed by atoms with Crippen LogP contribution in [0.4, 0.5) is 0 Å². The van der Waals surface area contributed by atoms with E-state index in [2.05, 4.69) is 43.9 Å². The molecule has 0 spiro atoms. The number of benzene rings is 1. The molecule has 1 aliphatic heterocycles. The van der Waals surface area contributed by atoms with Crippen molar-refractivity contribution in [1.82, 2.24) is 4.90 Å². The molecule has 2 atom stereocenters. The molecule has 1 heterocycles. The zero-order valence-corrected chi connectivity index (χ0v) is 13.1. The molecular formula is C17H28N2O. The average molecular weight is 276 g/mol. The Labute approximate surface area is 123 Å². The van der Waals surface area contributed by atoms with Gasteiger partial charge >= 0.3 is 0 Å². The van der Waals surface area contributed by atoms with Gasteiger partial charge in [-0.05, 0) is 63.3 Å². The predicted octanol–water partition coefficient (Wildman–Crippen LogP) is 2.74. The summed E-state index contributed by atoms with van der Waals surface area (Å²) in [7, 11) is 0. The topological polar surface area (TPSA) is 38.5 Å². The SMILES string of the molecule is Cc1ccc(C)c(OCCCN2CC(CN)CC2C)c1. The Kier molecular flexibility index (Phi) is 5.44. The van der Waals surface area contributed by atoms with Crippen LogP contribution in [0, 0.1) is 19.8 Å². The molecule has 1 aromatic carbocycles. The molecule has 112 valence electrons. The van der Waals surface area contributed by atoms with Crippen LogP contribution in [0.25, 0.3) is 0 Å². The lowest BCUT2D eigenvalue weighted by Crippen LogP contribution is -2.29. The Morgan fingerprint density at radius 2 is 2.15 bits per heavy atom. The summed E-state index contributed by atoms with van der Waals surface area (Å²) in [5.74, 6) is 1.71. The van der Waals surface area contributed by atoms with Crippen LogP contribution in [0.1, 0.15) is 30.9 Å². The zero-order chi connectivity index (χ0) is 14.5. The normalized spacial score (nSPS) is 23.2. The zero-order valence-electron chi connectivity index (χ0n) is 13.1. The van der Waals surface area contributed by atoms with Gasteiger partial charge in [0.25, 0.3) is 0 Å². The van der Waals surface area contributed by atoms with Crippen LogP contribution in [0.3, 0.4) is 0 Å². The Balaban J connectivity index is 1.73. The molecule has 1 saturated heterocycles. The monoisotopic (exact) mass is 276 g/mol. The van der Waals surface area contributed by atoms with E-state index in [1.807, 2.05) is 0 Å². The lowest BCUT2D eigenvalue weighted by atomic mass is 10.1. The number of ether oxygens (including phenoxy) is 1. The summed E-state index contributed by atoms with van der Waals surface area (Å²) < 4.78 is 5.91. The maximum atomic E-state index is 5.91. The number of aryl methyl sites for hydroxylation is 2. The summed E-state index contributed by atoms with van der Waals surface area (Å²) in [4.78, 5) is 2.55. The summed E-state index contributed by atoms with van der Waals surface area (Å²) in [5, 5.41) is 0. The van der Waals surface area contributed by atoms with Gasteiger partial charge in [-0.2, -0.15) is 0 Å². The van der Waals surface area contributed by atoms with Gasteiger partial charge in [0.1, 0.15) is 5.75 Å². The number of nitrogens with zero attached hydrogens (tertiary/aromatic N) is 1. The highest BCUT2D eigenvalue weighted by atomic mass is 16.5. The molecule has 0 amide bonds. The van der Waals surface area contributed by atoms with E-state index in [4.69, 9.17) is 10.5 Å². The lowest BCUT2D eigenvalue weighted by molar-refractivity contribution is 0.227. The summed E-state index contributed by atoms with van der Waals surface area (Å²) in [6.45, 7) is 10.4. The second-order valence-electron chi connectivity index (χ2n) is 6.15. The fraction of sp³-hybridized carbons (Fsp3) is 0.647. The van der Waals surface area contributed by atoms with Crippen LogP contribution >= 0.6 is 0 Å². The quantitative estimate of drug-likeness (QED) is 0.812. The molecular weight excluding hydrogens is 248 g/mol. The molecule has 0 saturated carbocycles. The molecule has 0 bridgehead atoms. The first-order chi connectivity index (χ1) is 9.60. The maximum Gasteiger partial charge on any atom is 0.122 e. The number of nitrogens with two attached hydrogens (primary N) is 1. The molecule has 2 unspecified atom stereocenters. The van der Waals surface area contributed by atoms with Gasteiger partial charge in [0.15, 0.2) is 0 Å². The van der Waals surface area contributed by atoms with Crippen molar-refractivity contribution in [3.63, 3.8) is 0 Å². The van der Waals surface area contributed by atoms with Crippen LogP contribution in [0.15, 0.2) is 18.2 Å². The minimum Gasteiger partial charge on any atom is -0.493 e. The van der Waals surface area contributed by atoms with E-state index in [0.717, 1.165) is 38.4 Å². The summed E-state index contributed by atoms with van der Waals surface area (Å²) >= 11 is 0. The first kappa shape index (κ1) is 15.3. The van der Waals surface area contributed by atoms with Crippen molar-refractivity contribution < 1.29 is 4.74 Å². The Morgan fingerprint density at radius 1 is 1.35 bits per heavy atom. The first-order valence-corrected chi connectivity index (χ1v) is 7.74. The molecule has 2 rings (SSSR count). The van der Waals surface area contributed by atoms with Gasteiger partial charge < -0.3 is 15.4 Å². The van der Waals surface area contributed by atoms with E-state index in [1.54, 1.807) is 0 Å². The van der Waals surface area contributed by atoms with Crippen LogP contribution in [-0.2, 0) is 0 Å². The number of rotatable bonds is 6. The van der Waals surface area contributed by atoms with Gasteiger partial charge in [-0.1, -0.05) is 12.1 Å². The Bertz CT molecular complexity index is 433. The lowest BCUT2D eigenvalue weighted by Gasteiger charge is -2.21. The van der Waals surface area contributed by atoms with Crippen molar-refractivity contribution in [3.8, 4) is 5.75 Å². The fourth-order valence-electron chi connectivity index (χ4n) is 3.01. The number of hydrogen-bond donors (Lipinski definition) is 1. The van der Waals surface area contributed by atoms with Crippen molar-refractivity contribution in [3.05, 3.63) is 29.3 Å². The standard InChI is InChI=1S/C17H28N2O/c1-13-5-6-14(2)17(9-13)20-8-4-7-19-12-16(11-18)10-15(19)3/h5-6,9,15-16H,4,7-8,10-12,18H2,1-3H3. The summed E-state index contributed by atoms with van der Waals surface area (Å²) in [6.07, 6.45) is 2.32. The smallest absolute Gasteiger partial charge is 0.122 e. The van der Waals surface area contributed by atoms with Gasteiger partial charge in [-0.3, -0.25) is 0 Å². The van der Waals surface area contributed by atoms with Crippen molar-refractivity contribution >= 4 is 0 Å². The van der Waals surface area contributed by atoms with E-state index in [9.17, 15) is 0 Å². The minimum atomic E-state index is 0.671. The van der Waals surface area contributed by atoms with Crippen molar-refractivity contribution in [1.29, 1.82) is 0 Å². The third-order valence-electron chi connectivity index (χ3n) is 4.31. The second-order valence-corrected chi connectivity index (χ2v) is 6.15. The van der Waals surface area contributed by atoms with E-state index in [1.165, 1.54) is 17.5 Å². The van der Waals surface area contributed by atoms with E-state index in [-0.39, 0.29) is 0 Å². The maximum absolute atomic E-state index is 5.91. The molecule has 20 heavy (non-hydrogen) atoms. The largest absolute Gasteiger partial charge is 0.493 e. The first-order valence-electron chi connectivity index (χ1n) is 7.74. The van der Waals surface area contributed by atoms with Gasteiger partial charge in [-0.25, -0.2) is 0 Å². The van der Waals surface area contributed by atoms with Gasteiger partial charge in [0.05, 0.1) is 6.61 Å². The predicted molar refractivity (Wildman–Crippen MR) is 84.2 cm³/mol. The molecule has 2 N–H and O–H groups in total. The third kappa shape index (κ3) is 3.97. The highest BCUT2D eigenvalue weighted by Crippen LogP contribution is 2.22. The van der Waals surface area contributed by atoms with Crippen LogP contribution in [-0.4, -0.2) is 37.2 Å². The molecule has 0 aromatic heterocycles. The second kappa shape index (κ2) is 7.09. The van der Waals surface area contributed by atoms with E-state index < -0.39 is 0 Å². The molecule has 3 nitrogen and oxygen atoms in total. The summed E-state index contributed by atoms with van der Waals surface area (Å²) in [5.41, 5.74) is 8.24. The van der Waals surface area contributed by atoms with E-state index in [0.29, 0.717) is 12.0 Å². The van der Waals surface area contributed by atoms with Gasteiger partial charge in [0.2, 0.25) is 0 Å². The van der Waals surface area contributed by atoms with Crippen LogP contribution in [0.2, 0.25) is 0 Å². The van der Waals surface area contributed by atoms with Gasteiger partial charge in [0, 0.05) is 19.1 Å². The number of likely N-dealkylation sites (tertiary alicyclic amines) is 1. The minimum absolute atomic E-state index is 0.671. The van der Waals surface area contributed by atoms with Crippen molar-refractivity contribution in [2.45, 2.75) is 39.7 Å². The molecule has 0 radical (unpaired) electrons. The third-order valence-corrected chi connectivity index (χ3v) is 4.31. The molecule has 0 aliphatic carbocycles. The van der Waals surface area contributed by atoms with Crippen molar-refractivity contribution in [2.75, 3.05) is 26.2 Å². The summed E-state index contributed by atoms with van der Waals surface area (Å²) in [6, 6.07) is 7.04. The highest BCUT2D eigenvalue weighted by molar-refractivity contribution is 5.35. The van der Waals surface area contributed by atoms with Crippen LogP contribution in [0.5, 0.6) is 5.75 Å². The molecule has 1 aromatic rings. The highest BCUT2D eigenvalue weighted by Gasteiger charge is 2.27. The van der Waals surface area contributed by atoms with Crippen molar-refractivity contribution in [2.24, 2.45) is 11.7 Å². The fourth-order valence-corrected chi connectivity index (χ4v) is 3.01. The average Bonchev–Trinajstić information content (AvgIpc) is 2.79. The Morgan fingerprint density at radius 3 is 2.85 bits per heavy atom. The van der Waals surface area contributed by atoms with E-state index >= 15 is 0 Å². The molecule has 1 aliphatic rings. The number of hydrogen-bond acceptors (Lipinski definition) is 3. The van der Waals surface area contributed by atoms with Gasteiger partial charge in [-0.15, -0.1) is 0 Å². The van der Waals surface area contributed by atoms with Crippen LogP contribution < -0.4 is 10.5 Å². The molecule has 3 heteroatoms. The molecule has 1 fully saturated rings. The Hall–Kier alpha value is -1.06.